The minimum absolute atomic E-state index is 0.243. The Labute approximate surface area is 115 Å². The molecule has 0 bridgehead atoms. The van der Waals surface area contributed by atoms with E-state index in [4.69, 9.17) is 21.6 Å². The van der Waals surface area contributed by atoms with E-state index >= 15 is 0 Å². The van der Waals surface area contributed by atoms with Crippen molar-refractivity contribution in [2.45, 2.75) is 0 Å². The molecule has 5 heteroatoms. The predicted octanol–water partition coefficient (Wildman–Crippen LogP) is 3.82. The fourth-order valence-electron chi connectivity index (χ4n) is 1.47. The van der Waals surface area contributed by atoms with Crippen molar-refractivity contribution < 1.29 is 9.53 Å². The Morgan fingerprint density at radius 3 is 2.58 bits per heavy atom. The first-order valence-corrected chi connectivity index (χ1v) is 5.81. The number of ether oxygens (including phenoxy) is 1. The van der Waals surface area contributed by atoms with Crippen LogP contribution in [0.3, 0.4) is 0 Å². The second-order valence-electron chi connectivity index (χ2n) is 3.60. The minimum atomic E-state index is -0.698. The summed E-state index contributed by atoms with van der Waals surface area (Å²) in [6, 6.07) is 15.3. The second-order valence-corrected chi connectivity index (χ2v) is 4.01. The number of halogens is 1. The highest BCUT2D eigenvalue weighted by molar-refractivity contribution is 6.34. The molecule has 0 radical (unpaired) electrons. The molecule has 0 saturated heterocycles. The van der Waals surface area contributed by atoms with Crippen LogP contribution in [0, 0.1) is 11.3 Å². The zero-order chi connectivity index (χ0) is 13.7. The van der Waals surface area contributed by atoms with Crippen LogP contribution in [0.15, 0.2) is 48.5 Å². The van der Waals surface area contributed by atoms with Crippen molar-refractivity contribution in [1.29, 1.82) is 5.26 Å². The van der Waals surface area contributed by atoms with E-state index in [-0.39, 0.29) is 16.3 Å². The van der Waals surface area contributed by atoms with Gasteiger partial charge in [0.1, 0.15) is 11.8 Å². The van der Waals surface area contributed by atoms with Gasteiger partial charge in [0, 0.05) is 0 Å². The smallest absolute Gasteiger partial charge is 0.410 e. The number of anilines is 1. The molecule has 2 rings (SSSR count). The van der Waals surface area contributed by atoms with Gasteiger partial charge in [-0.05, 0) is 24.3 Å². The van der Waals surface area contributed by atoms with Crippen molar-refractivity contribution in [2.75, 3.05) is 5.32 Å². The molecule has 0 fully saturated rings. The predicted molar refractivity (Wildman–Crippen MR) is 72.3 cm³/mol. The molecular weight excluding hydrogens is 264 g/mol. The van der Waals surface area contributed by atoms with E-state index < -0.39 is 6.09 Å². The summed E-state index contributed by atoms with van der Waals surface area (Å²) in [5.41, 5.74) is 0.519. The lowest BCUT2D eigenvalue weighted by molar-refractivity contribution is 0.215. The van der Waals surface area contributed by atoms with Crippen LogP contribution in [0.25, 0.3) is 0 Å². The lowest BCUT2D eigenvalue weighted by atomic mass is 10.2. The molecule has 0 aliphatic heterocycles. The molecule has 94 valence electrons. The first kappa shape index (κ1) is 12.9. The maximum absolute atomic E-state index is 11.7. The molecule has 0 aliphatic carbocycles. The number of nitrogens with one attached hydrogen (secondary N) is 1. The van der Waals surface area contributed by atoms with Crippen molar-refractivity contribution in [3.8, 4) is 11.8 Å². The van der Waals surface area contributed by atoms with Crippen molar-refractivity contribution in [3.05, 3.63) is 59.1 Å². The number of hydrogen-bond acceptors (Lipinski definition) is 3. The van der Waals surface area contributed by atoms with Gasteiger partial charge in [-0.3, -0.25) is 5.32 Å². The van der Waals surface area contributed by atoms with Crippen LogP contribution in [0.4, 0.5) is 10.5 Å². The fourth-order valence-corrected chi connectivity index (χ4v) is 1.69. The molecule has 1 N–H and O–H groups in total. The third-order valence-electron chi connectivity index (χ3n) is 2.31. The topological polar surface area (TPSA) is 62.1 Å². The Hall–Kier alpha value is -2.51. The van der Waals surface area contributed by atoms with Crippen LogP contribution in [-0.2, 0) is 0 Å². The quantitative estimate of drug-likeness (QED) is 0.904. The zero-order valence-electron chi connectivity index (χ0n) is 9.76. The van der Waals surface area contributed by atoms with Crippen molar-refractivity contribution in [3.63, 3.8) is 0 Å². The molecule has 1 amide bonds. The van der Waals surface area contributed by atoms with E-state index in [1.807, 2.05) is 12.1 Å². The lowest BCUT2D eigenvalue weighted by Crippen LogP contribution is -2.17. The number of carbonyl (C=O) groups is 1. The number of nitrogens with zero attached hydrogens (tertiary/aromatic N) is 1. The van der Waals surface area contributed by atoms with Crippen molar-refractivity contribution in [2.24, 2.45) is 0 Å². The summed E-state index contributed by atoms with van der Waals surface area (Å²) in [7, 11) is 0. The van der Waals surface area contributed by atoms with Crippen LogP contribution < -0.4 is 10.1 Å². The largest absolute Gasteiger partial charge is 0.417 e. The summed E-state index contributed by atoms with van der Waals surface area (Å²) in [4.78, 5) is 11.7. The normalized spacial score (nSPS) is 9.47. The third kappa shape index (κ3) is 3.24. The van der Waals surface area contributed by atoms with Gasteiger partial charge >= 0.3 is 6.09 Å². The van der Waals surface area contributed by atoms with E-state index in [1.54, 1.807) is 42.5 Å². The number of carbonyl (C=O) groups excluding carboxylic acids is 1. The van der Waals surface area contributed by atoms with E-state index in [1.165, 1.54) is 0 Å². The molecule has 0 heterocycles. The standard InChI is InChI=1S/C14H9ClN2O2/c15-12-8-4-5-10(9-16)13(12)17-14(18)19-11-6-2-1-3-7-11/h1-8H,(H,17,18). The number of amides is 1. The van der Waals surface area contributed by atoms with Gasteiger partial charge in [0.2, 0.25) is 0 Å². The Morgan fingerprint density at radius 1 is 1.16 bits per heavy atom. The van der Waals surface area contributed by atoms with Gasteiger partial charge in [-0.2, -0.15) is 5.26 Å². The number of para-hydroxylation sites is 2. The Morgan fingerprint density at radius 2 is 1.89 bits per heavy atom. The average molecular weight is 273 g/mol. The fraction of sp³-hybridized carbons (Fsp3) is 0. The number of hydrogen-bond donors (Lipinski definition) is 1. The minimum Gasteiger partial charge on any atom is -0.410 e. The Balaban J connectivity index is 2.14. The molecule has 0 unspecified atom stereocenters. The number of rotatable bonds is 2. The first-order chi connectivity index (χ1) is 9.20. The van der Waals surface area contributed by atoms with E-state index in [0.717, 1.165) is 0 Å². The summed E-state index contributed by atoms with van der Waals surface area (Å²) < 4.78 is 5.05. The molecule has 0 aromatic heterocycles. The van der Waals surface area contributed by atoms with Crippen LogP contribution in [0.1, 0.15) is 5.56 Å². The molecule has 2 aromatic carbocycles. The average Bonchev–Trinajstić information content (AvgIpc) is 2.42. The van der Waals surface area contributed by atoms with Gasteiger partial charge in [-0.25, -0.2) is 4.79 Å². The van der Waals surface area contributed by atoms with Gasteiger partial charge < -0.3 is 4.74 Å². The highest BCUT2D eigenvalue weighted by atomic mass is 35.5. The van der Waals surface area contributed by atoms with Gasteiger partial charge in [-0.1, -0.05) is 35.9 Å². The molecule has 2 aromatic rings. The lowest BCUT2D eigenvalue weighted by Gasteiger charge is -2.09. The highest BCUT2D eigenvalue weighted by Crippen LogP contribution is 2.25. The Bertz CT molecular complexity index is 636. The number of nitriles is 1. The first-order valence-electron chi connectivity index (χ1n) is 5.43. The van der Waals surface area contributed by atoms with Crippen LogP contribution in [0.2, 0.25) is 5.02 Å². The van der Waals surface area contributed by atoms with Gasteiger partial charge in [-0.15, -0.1) is 0 Å². The molecule has 0 spiro atoms. The van der Waals surface area contributed by atoms with Crippen LogP contribution in [0.5, 0.6) is 5.75 Å². The molecule has 0 atom stereocenters. The van der Waals surface area contributed by atoms with E-state index in [0.29, 0.717) is 5.75 Å². The second kappa shape index (κ2) is 5.89. The summed E-state index contributed by atoms with van der Waals surface area (Å²) >= 11 is 5.93. The van der Waals surface area contributed by atoms with E-state index in [9.17, 15) is 4.79 Å². The summed E-state index contributed by atoms with van der Waals surface area (Å²) in [6.07, 6.45) is -0.698. The summed E-state index contributed by atoms with van der Waals surface area (Å²) in [5.74, 6) is 0.408. The maximum Gasteiger partial charge on any atom is 0.417 e. The molecular formula is C14H9ClN2O2. The van der Waals surface area contributed by atoms with Gasteiger partial charge in [0.15, 0.2) is 0 Å². The van der Waals surface area contributed by atoms with Crippen LogP contribution in [-0.4, -0.2) is 6.09 Å². The van der Waals surface area contributed by atoms with Crippen LogP contribution >= 0.6 is 11.6 Å². The summed E-state index contributed by atoms with van der Waals surface area (Å²) in [6.45, 7) is 0. The van der Waals surface area contributed by atoms with Gasteiger partial charge in [0.25, 0.3) is 0 Å². The molecule has 0 saturated carbocycles. The third-order valence-corrected chi connectivity index (χ3v) is 2.63. The molecule has 4 nitrogen and oxygen atoms in total. The SMILES string of the molecule is N#Cc1cccc(Cl)c1NC(=O)Oc1ccccc1. The van der Waals surface area contributed by atoms with Crippen molar-refractivity contribution in [1.82, 2.24) is 0 Å². The monoisotopic (exact) mass is 272 g/mol. The molecule has 19 heavy (non-hydrogen) atoms. The van der Waals surface area contributed by atoms with Crippen molar-refractivity contribution >= 4 is 23.4 Å². The Kier molecular flexibility index (Phi) is 4.01. The van der Waals surface area contributed by atoms with E-state index in [2.05, 4.69) is 5.32 Å². The van der Waals surface area contributed by atoms with Gasteiger partial charge in [0.05, 0.1) is 16.3 Å². The maximum atomic E-state index is 11.7. The molecule has 0 aliphatic rings. The number of benzene rings is 2. The summed E-state index contributed by atoms with van der Waals surface area (Å²) in [5, 5.41) is 11.7. The zero-order valence-corrected chi connectivity index (χ0v) is 10.5. The highest BCUT2D eigenvalue weighted by Gasteiger charge is 2.11.